The summed E-state index contributed by atoms with van der Waals surface area (Å²) in [4.78, 5) is 7.46. The molecule has 1 aliphatic carbocycles. The molecule has 0 bridgehead atoms. The van der Waals surface area contributed by atoms with Gasteiger partial charge in [0.2, 0.25) is 0 Å². The Labute approximate surface area is 141 Å². The number of aliphatic hydroxyl groups excluding tert-OH is 1. The van der Waals surface area contributed by atoms with Crippen molar-refractivity contribution in [2.75, 3.05) is 26.2 Å². The summed E-state index contributed by atoms with van der Waals surface area (Å²) >= 11 is 0. The zero-order valence-electron chi connectivity index (χ0n) is 15.2. The molecule has 1 saturated heterocycles. The molecule has 2 rings (SSSR count). The van der Waals surface area contributed by atoms with Crippen LogP contribution in [-0.4, -0.2) is 60.3 Å². The van der Waals surface area contributed by atoms with E-state index in [4.69, 9.17) is 4.99 Å². The summed E-state index contributed by atoms with van der Waals surface area (Å²) in [6.45, 7) is 10.9. The van der Waals surface area contributed by atoms with Gasteiger partial charge in [-0.15, -0.1) is 0 Å². The summed E-state index contributed by atoms with van der Waals surface area (Å²) in [7, 11) is 0. The van der Waals surface area contributed by atoms with Crippen molar-refractivity contribution in [1.29, 1.82) is 0 Å². The van der Waals surface area contributed by atoms with Crippen LogP contribution in [0.2, 0.25) is 0 Å². The van der Waals surface area contributed by atoms with Crippen LogP contribution in [0.1, 0.15) is 59.3 Å². The average molecular weight is 325 g/mol. The number of hydrogen-bond acceptors (Lipinski definition) is 3. The molecule has 0 radical (unpaired) electrons. The van der Waals surface area contributed by atoms with Crippen LogP contribution in [-0.2, 0) is 0 Å². The van der Waals surface area contributed by atoms with Gasteiger partial charge in [0.05, 0.1) is 12.6 Å². The molecule has 0 aromatic heterocycles. The molecule has 1 atom stereocenters. The smallest absolute Gasteiger partial charge is 0.191 e. The predicted molar refractivity (Wildman–Crippen MR) is 96.8 cm³/mol. The van der Waals surface area contributed by atoms with Crippen LogP contribution in [0.25, 0.3) is 0 Å². The molecule has 5 heteroatoms. The molecular weight excluding hydrogens is 288 g/mol. The van der Waals surface area contributed by atoms with Crippen LogP contribution >= 0.6 is 0 Å². The number of aliphatic hydroxyl groups is 1. The third-order valence-electron chi connectivity index (χ3n) is 4.94. The van der Waals surface area contributed by atoms with E-state index in [9.17, 15) is 5.11 Å². The number of nitrogens with zero attached hydrogens (tertiary/aromatic N) is 2. The summed E-state index contributed by atoms with van der Waals surface area (Å²) in [6, 6.07) is 1.05. The van der Waals surface area contributed by atoms with E-state index in [1.54, 1.807) is 0 Å². The largest absolute Gasteiger partial charge is 0.393 e. The van der Waals surface area contributed by atoms with Gasteiger partial charge in [-0.1, -0.05) is 13.8 Å². The lowest BCUT2D eigenvalue weighted by Crippen LogP contribution is -2.46. The monoisotopic (exact) mass is 324 g/mol. The molecule has 2 aliphatic rings. The van der Waals surface area contributed by atoms with Crippen LogP contribution in [0, 0.1) is 5.92 Å². The maximum atomic E-state index is 9.63. The summed E-state index contributed by atoms with van der Waals surface area (Å²) in [6.07, 6.45) is 6.35. The highest BCUT2D eigenvalue weighted by Crippen LogP contribution is 2.20. The van der Waals surface area contributed by atoms with E-state index in [0.29, 0.717) is 12.1 Å². The topological polar surface area (TPSA) is 59.9 Å². The lowest BCUT2D eigenvalue weighted by molar-refractivity contribution is 0.120. The number of rotatable bonds is 6. The Morgan fingerprint density at radius 2 is 1.96 bits per heavy atom. The summed E-state index contributed by atoms with van der Waals surface area (Å²) < 4.78 is 0. The minimum atomic E-state index is -0.101. The first-order chi connectivity index (χ1) is 11.1. The van der Waals surface area contributed by atoms with Crippen molar-refractivity contribution >= 4 is 5.96 Å². The Morgan fingerprint density at radius 3 is 2.61 bits per heavy atom. The van der Waals surface area contributed by atoms with Crippen molar-refractivity contribution in [3.8, 4) is 0 Å². The summed E-state index contributed by atoms with van der Waals surface area (Å²) in [5, 5.41) is 16.6. The van der Waals surface area contributed by atoms with Crippen LogP contribution in [0.15, 0.2) is 4.99 Å². The van der Waals surface area contributed by atoms with Crippen molar-refractivity contribution in [3.63, 3.8) is 0 Å². The van der Waals surface area contributed by atoms with Crippen LogP contribution in [0.5, 0.6) is 0 Å². The van der Waals surface area contributed by atoms with E-state index in [2.05, 4.69) is 36.3 Å². The normalized spacial score (nSPS) is 30.0. The second-order valence-corrected chi connectivity index (χ2v) is 7.55. The fourth-order valence-corrected chi connectivity index (χ4v) is 3.74. The summed E-state index contributed by atoms with van der Waals surface area (Å²) in [5.74, 6) is 1.67. The molecule has 134 valence electrons. The van der Waals surface area contributed by atoms with Crippen LogP contribution < -0.4 is 10.6 Å². The predicted octanol–water partition coefficient (Wildman–Crippen LogP) is 1.97. The molecule has 0 amide bonds. The lowest BCUT2D eigenvalue weighted by atomic mass is 9.93. The van der Waals surface area contributed by atoms with Gasteiger partial charge in [0, 0.05) is 25.2 Å². The van der Waals surface area contributed by atoms with Gasteiger partial charge in [0.15, 0.2) is 5.96 Å². The third-order valence-corrected chi connectivity index (χ3v) is 4.94. The highest BCUT2D eigenvalue weighted by Gasteiger charge is 2.25. The first-order valence-corrected chi connectivity index (χ1v) is 9.55. The Bertz CT molecular complexity index is 364. The number of aliphatic imine (C=N–C) groups is 1. The Morgan fingerprint density at radius 1 is 1.22 bits per heavy atom. The maximum absolute atomic E-state index is 9.63. The van der Waals surface area contributed by atoms with E-state index >= 15 is 0 Å². The quantitative estimate of drug-likeness (QED) is 0.516. The number of hydrogen-bond donors (Lipinski definition) is 3. The van der Waals surface area contributed by atoms with Gasteiger partial charge in [-0.3, -0.25) is 9.89 Å². The fourth-order valence-electron chi connectivity index (χ4n) is 3.74. The minimum Gasteiger partial charge on any atom is -0.393 e. The van der Waals surface area contributed by atoms with E-state index < -0.39 is 0 Å². The number of nitrogens with one attached hydrogen (secondary N) is 2. The van der Waals surface area contributed by atoms with Gasteiger partial charge in [-0.05, 0) is 57.9 Å². The molecule has 0 aromatic carbocycles. The van der Waals surface area contributed by atoms with Crippen molar-refractivity contribution < 1.29 is 5.11 Å². The first-order valence-electron chi connectivity index (χ1n) is 9.55. The van der Waals surface area contributed by atoms with E-state index in [1.807, 2.05) is 0 Å². The van der Waals surface area contributed by atoms with Crippen molar-refractivity contribution in [2.24, 2.45) is 10.9 Å². The standard InChI is InChI=1S/C18H36N4O/c1-4-19-18(21-15-7-9-17(23)10-8-15)20-12-16-6-5-11-22(16)13-14(2)3/h14-17,23H,4-13H2,1-3H3,(H2,19,20,21)/t15?,16-,17?/m1/s1. The van der Waals surface area contributed by atoms with E-state index in [-0.39, 0.29) is 6.10 Å². The lowest BCUT2D eigenvalue weighted by Gasteiger charge is -2.28. The Kier molecular flexibility index (Phi) is 7.63. The van der Waals surface area contributed by atoms with Gasteiger partial charge in [0.1, 0.15) is 0 Å². The highest BCUT2D eigenvalue weighted by atomic mass is 16.3. The molecule has 1 saturated carbocycles. The molecule has 0 unspecified atom stereocenters. The Balaban J connectivity index is 1.85. The van der Waals surface area contributed by atoms with Crippen LogP contribution in [0.4, 0.5) is 0 Å². The second kappa shape index (κ2) is 9.48. The molecule has 0 aromatic rings. The average Bonchev–Trinajstić information content (AvgIpc) is 2.94. The third kappa shape index (κ3) is 6.30. The summed E-state index contributed by atoms with van der Waals surface area (Å²) in [5.41, 5.74) is 0. The molecule has 1 aliphatic heterocycles. The molecule has 5 nitrogen and oxygen atoms in total. The fraction of sp³-hybridized carbons (Fsp3) is 0.944. The highest BCUT2D eigenvalue weighted by molar-refractivity contribution is 5.80. The minimum absolute atomic E-state index is 0.101. The van der Waals surface area contributed by atoms with Crippen molar-refractivity contribution in [3.05, 3.63) is 0 Å². The zero-order chi connectivity index (χ0) is 16.7. The molecule has 0 spiro atoms. The van der Waals surface area contributed by atoms with Gasteiger partial charge in [0.25, 0.3) is 0 Å². The SMILES string of the molecule is CCNC(=NC[C@H]1CCCN1CC(C)C)NC1CCC(O)CC1. The van der Waals surface area contributed by atoms with Crippen molar-refractivity contribution in [1.82, 2.24) is 15.5 Å². The molecular formula is C18H36N4O. The van der Waals surface area contributed by atoms with E-state index in [1.165, 1.54) is 25.9 Å². The van der Waals surface area contributed by atoms with Gasteiger partial charge >= 0.3 is 0 Å². The van der Waals surface area contributed by atoms with Crippen LogP contribution in [0.3, 0.4) is 0 Å². The molecule has 23 heavy (non-hydrogen) atoms. The van der Waals surface area contributed by atoms with Gasteiger partial charge in [-0.2, -0.15) is 0 Å². The molecule has 3 N–H and O–H groups in total. The number of likely N-dealkylation sites (tertiary alicyclic amines) is 1. The van der Waals surface area contributed by atoms with Gasteiger partial charge in [-0.25, -0.2) is 0 Å². The maximum Gasteiger partial charge on any atom is 0.191 e. The van der Waals surface area contributed by atoms with E-state index in [0.717, 1.165) is 50.7 Å². The second-order valence-electron chi connectivity index (χ2n) is 7.55. The van der Waals surface area contributed by atoms with Gasteiger partial charge < -0.3 is 15.7 Å². The van der Waals surface area contributed by atoms with Crippen molar-refractivity contribution in [2.45, 2.75) is 77.5 Å². The molecule has 2 fully saturated rings. The first kappa shape index (κ1) is 18.5. The Hall–Kier alpha value is -0.810. The zero-order valence-corrected chi connectivity index (χ0v) is 15.2. The number of guanidine groups is 1. The molecule has 1 heterocycles.